The van der Waals surface area contributed by atoms with E-state index in [0.717, 1.165) is 0 Å². The number of benzene rings is 1. The lowest BCUT2D eigenvalue weighted by Gasteiger charge is -2.04. The van der Waals surface area contributed by atoms with Crippen LogP contribution in [-0.4, -0.2) is 9.66 Å². The van der Waals surface area contributed by atoms with Crippen molar-refractivity contribution in [3.8, 4) is 11.3 Å². The molecule has 0 bridgehead atoms. The summed E-state index contributed by atoms with van der Waals surface area (Å²) in [5, 5.41) is 0.420. The Hall–Kier alpha value is -1.75. The molecule has 6 heteroatoms. The third-order valence-electron chi connectivity index (χ3n) is 2.68. The highest BCUT2D eigenvalue weighted by Gasteiger charge is 2.19. The molecule has 0 amide bonds. The van der Waals surface area contributed by atoms with Crippen LogP contribution in [0.2, 0.25) is 5.02 Å². The van der Waals surface area contributed by atoms with Gasteiger partial charge in [-0.2, -0.15) is 0 Å². The van der Waals surface area contributed by atoms with Crippen molar-refractivity contribution in [2.24, 2.45) is 0 Å². The van der Waals surface area contributed by atoms with Crippen LogP contribution in [0.4, 0.5) is 10.2 Å². The summed E-state index contributed by atoms with van der Waals surface area (Å²) in [5.41, 5.74) is 6.43. The van der Waals surface area contributed by atoms with Gasteiger partial charge in [0.1, 0.15) is 17.3 Å². The summed E-state index contributed by atoms with van der Waals surface area (Å²) in [4.78, 5) is 4.30. The molecule has 0 unspecified atom stereocenters. The lowest BCUT2D eigenvalue weighted by Crippen LogP contribution is -2.16. The summed E-state index contributed by atoms with van der Waals surface area (Å²) in [5.74, 6) is 6.28. The molecule has 18 heavy (non-hydrogen) atoms. The lowest BCUT2D eigenvalue weighted by molar-refractivity contribution is 0.631. The zero-order valence-electron chi connectivity index (χ0n) is 10.1. The average molecular weight is 269 g/mol. The van der Waals surface area contributed by atoms with E-state index < -0.39 is 5.82 Å². The molecule has 2 rings (SSSR count). The monoisotopic (exact) mass is 268 g/mol. The van der Waals surface area contributed by atoms with E-state index in [0.29, 0.717) is 16.5 Å². The number of rotatable bonds is 2. The number of nitrogens with zero attached hydrogens (tertiary/aromatic N) is 2. The van der Waals surface area contributed by atoms with Gasteiger partial charge in [0.25, 0.3) is 0 Å². The van der Waals surface area contributed by atoms with E-state index in [1.165, 1.54) is 22.9 Å². The Labute approximate surface area is 109 Å². The number of hydrogen-bond acceptors (Lipinski definition) is 3. The van der Waals surface area contributed by atoms with Crippen LogP contribution in [0.1, 0.15) is 25.6 Å². The highest BCUT2D eigenvalue weighted by Crippen LogP contribution is 2.31. The van der Waals surface area contributed by atoms with Gasteiger partial charge < -0.3 is 11.6 Å². The summed E-state index contributed by atoms with van der Waals surface area (Å²) < 4.78 is 15.1. The third-order valence-corrected chi connectivity index (χ3v) is 2.91. The van der Waals surface area contributed by atoms with E-state index in [1.807, 2.05) is 13.8 Å². The van der Waals surface area contributed by atoms with Crippen molar-refractivity contribution in [1.29, 1.82) is 0 Å². The van der Waals surface area contributed by atoms with Crippen molar-refractivity contribution in [2.45, 2.75) is 19.8 Å². The van der Waals surface area contributed by atoms with Crippen molar-refractivity contribution in [2.75, 3.05) is 11.6 Å². The minimum Gasteiger partial charge on any atom is -0.382 e. The van der Waals surface area contributed by atoms with Gasteiger partial charge in [0.05, 0.1) is 0 Å². The van der Waals surface area contributed by atoms with Crippen molar-refractivity contribution >= 4 is 17.4 Å². The second-order valence-electron chi connectivity index (χ2n) is 4.35. The predicted molar refractivity (Wildman–Crippen MR) is 71.3 cm³/mol. The zero-order chi connectivity index (χ0) is 13.4. The number of aromatic nitrogens is 2. The molecule has 0 aliphatic heterocycles. The van der Waals surface area contributed by atoms with Gasteiger partial charge in [-0.1, -0.05) is 25.4 Å². The highest BCUT2D eigenvalue weighted by molar-refractivity contribution is 6.30. The number of halogens is 2. The fourth-order valence-corrected chi connectivity index (χ4v) is 1.92. The summed E-state index contributed by atoms with van der Waals surface area (Å²) in [6, 6.07) is 4.24. The molecule has 1 heterocycles. The standard InChI is InChI=1S/C12H14ClFN4/c1-6(2)12-17-10(11(15)18(12)16)8-5-7(13)3-4-9(8)14/h3-6H,15-16H2,1-2H3. The molecule has 1 aromatic heterocycles. The van der Waals surface area contributed by atoms with Crippen LogP contribution in [-0.2, 0) is 0 Å². The number of imidazole rings is 1. The molecule has 0 fully saturated rings. The van der Waals surface area contributed by atoms with Crippen LogP contribution in [0.15, 0.2) is 18.2 Å². The maximum Gasteiger partial charge on any atom is 0.150 e. The molecule has 0 radical (unpaired) electrons. The highest BCUT2D eigenvalue weighted by atomic mass is 35.5. The van der Waals surface area contributed by atoms with Crippen molar-refractivity contribution in [3.05, 3.63) is 34.9 Å². The Morgan fingerprint density at radius 2 is 2.06 bits per heavy atom. The van der Waals surface area contributed by atoms with Crippen LogP contribution in [0.3, 0.4) is 0 Å². The Morgan fingerprint density at radius 1 is 1.39 bits per heavy atom. The molecule has 96 valence electrons. The molecular weight excluding hydrogens is 255 g/mol. The Kier molecular flexibility index (Phi) is 3.17. The largest absolute Gasteiger partial charge is 0.382 e. The number of nitrogens with two attached hydrogens (primary N) is 2. The fraction of sp³-hybridized carbons (Fsp3) is 0.250. The fourth-order valence-electron chi connectivity index (χ4n) is 1.75. The van der Waals surface area contributed by atoms with Crippen molar-refractivity contribution in [3.63, 3.8) is 0 Å². The van der Waals surface area contributed by atoms with Gasteiger partial charge in [-0.15, -0.1) is 0 Å². The average Bonchev–Trinajstić information content (AvgIpc) is 2.60. The van der Waals surface area contributed by atoms with E-state index >= 15 is 0 Å². The molecule has 0 saturated heterocycles. The number of anilines is 1. The van der Waals surface area contributed by atoms with Crippen LogP contribution >= 0.6 is 11.6 Å². The van der Waals surface area contributed by atoms with Crippen LogP contribution in [0.25, 0.3) is 11.3 Å². The summed E-state index contributed by atoms with van der Waals surface area (Å²) >= 11 is 5.85. The van der Waals surface area contributed by atoms with Crippen LogP contribution in [0.5, 0.6) is 0 Å². The van der Waals surface area contributed by atoms with Gasteiger partial charge in [0.15, 0.2) is 5.82 Å². The Morgan fingerprint density at radius 3 is 2.61 bits per heavy atom. The molecule has 1 aromatic carbocycles. The van der Waals surface area contributed by atoms with E-state index in [2.05, 4.69) is 4.98 Å². The Balaban J connectivity index is 2.64. The van der Waals surface area contributed by atoms with Gasteiger partial charge in [-0.25, -0.2) is 14.1 Å². The number of hydrogen-bond donors (Lipinski definition) is 2. The van der Waals surface area contributed by atoms with Gasteiger partial charge >= 0.3 is 0 Å². The first-order chi connectivity index (χ1) is 8.41. The lowest BCUT2D eigenvalue weighted by atomic mass is 10.1. The van der Waals surface area contributed by atoms with Crippen molar-refractivity contribution in [1.82, 2.24) is 9.66 Å². The van der Waals surface area contributed by atoms with Gasteiger partial charge in [-0.3, -0.25) is 0 Å². The first-order valence-corrected chi connectivity index (χ1v) is 5.88. The normalized spacial score (nSPS) is 11.2. The van der Waals surface area contributed by atoms with E-state index in [4.69, 9.17) is 23.2 Å². The topological polar surface area (TPSA) is 69.9 Å². The molecule has 0 aliphatic carbocycles. The SMILES string of the molecule is CC(C)c1nc(-c2cc(Cl)ccc2F)c(N)n1N. The molecule has 4 nitrogen and oxygen atoms in total. The predicted octanol–water partition coefficient (Wildman–Crippen LogP) is 2.76. The minimum atomic E-state index is -0.431. The van der Waals surface area contributed by atoms with E-state index in [1.54, 1.807) is 0 Å². The molecule has 0 spiro atoms. The maximum absolute atomic E-state index is 13.8. The van der Waals surface area contributed by atoms with Gasteiger partial charge in [0.2, 0.25) is 0 Å². The summed E-state index contributed by atoms with van der Waals surface area (Å²) in [7, 11) is 0. The zero-order valence-corrected chi connectivity index (χ0v) is 10.9. The number of nitrogen functional groups attached to an aromatic ring is 2. The van der Waals surface area contributed by atoms with E-state index in [9.17, 15) is 4.39 Å². The molecule has 0 aliphatic rings. The summed E-state index contributed by atoms with van der Waals surface area (Å²) in [6.07, 6.45) is 0. The molecule has 0 atom stereocenters. The quantitative estimate of drug-likeness (QED) is 0.823. The van der Waals surface area contributed by atoms with E-state index in [-0.39, 0.29) is 17.3 Å². The van der Waals surface area contributed by atoms with Crippen LogP contribution < -0.4 is 11.6 Å². The molecule has 4 N–H and O–H groups in total. The van der Waals surface area contributed by atoms with Crippen LogP contribution in [0, 0.1) is 5.82 Å². The second kappa shape index (κ2) is 4.49. The first-order valence-electron chi connectivity index (χ1n) is 5.50. The molecule has 2 aromatic rings. The van der Waals surface area contributed by atoms with Gasteiger partial charge in [0, 0.05) is 16.5 Å². The minimum absolute atomic E-state index is 0.0910. The smallest absolute Gasteiger partial charge is 0.150 e. The Bertz CT molecular complexity index is 592. The third kappa shape index (κ3) is 2.01. The molecular formula is C12H14ClFN4. The van der Waals surface area contributed by atoms with Gasteiger partial charge in [-0.05, 0) is 18.2 Å². The van der Waals surface area contributed by atoms with Crippen molar-refractivity contribution < 1.29 is 4.39 Å². The molecule has 0 saturated carbocycles. The summed E-state index contributed by atoms with van der Waals surface area (Å²) in [6.45, 7) is 3.87. The second-order valence-corrected chi connectivity index (χ2v) is 4.79. The maximum atomic E-state index is 13.8. The first kappa shape index (κ1) is 12.7.